The van der Waals surface area contributed by atoms with Crippen molar-refractivity contribution < 1.29 is 9.59 Å². The van der Waals surface area contributed by atoms with Crippen molar-refractivity contribution in [3.05, 3.63) is 65.5 Å². The van der Waals surface area contributed by atoms with Gasteiger partial charge in [0.2, 0.25) is 5.91 Å². The largest absolute Gasteiger partial charge is 0.369 e. The standard InChI is InChI=1S/C24H28N6O2/c1-3-20-16(2)21(29-28-20)22(31)30-10-6-9-24(14-30,23(25)32)11-17-7-4-5-8-19(17)18-12-26-15-27-13-18/h4-5,7-8,12-13,15H,3,6,9-11,14H2,1-2H3,(H2,25,32)(H,28,29)/t24-/m0/s1. The highest BCUT2D eigenvalue weighted by molar-refractivity contribution is 5.94. The van der Waals surface area contributed by atoms with Crippen molar-refractivity contribution in [3.8, 4) is 11.1 Å². The molecule has 32 heavy (non-hydrogen) atoms. The molecule has 1 aromatic carbocycles. The van der Waals surface area contributed by atoms with Gasteiger partial charge in [0.1, 0.15) is 6.33 Å². The minimum Gasteiger partial charge on any atom is -0.369 e. The molecule has 0 bridgehead atoms. The first-order valence-corrected chi connectivity index (χ1v) is 10.9. The molecule has 4 rings (SSSR count). The Bertz CT molecular complexity index is 1130. The molecule has 1 aliphatic heterocycles. The zero-order valence-corrected chi connectivity index (χ0v) is 18.5. The summed E-state index contributed by atoms with van der Waals surface area (Å²) in [5.74, 6) is -0.546. The number of benzene rings is 1. The van der Waals surface area contributed by atoms with Crippen molar-refractivity contribution in [2.75, 3.05) is 13.1 Å². The molecule has 1 aliphatic rings. The van der Waals surface area contributed by atoms with Gasteiger partial charge in [-0.25, -0.2) is 9.97 Å². The molecule has 8 nitrogen and oxygen atoms in total. The van der Waals surface area contributed by atoms with Crippen LogP contribution in [0.15, 0.2) is 43.0 Å². The Balaban J connectivity index is 1.64. The van der Waals surface area contributed by atoms with Gasteiger partial charge in [0.15, 0.2) is 5.69 Å². The van der Waals surface area contributed by atoms with Crippen molar-refractivity contribution in [1.82, 2.24) is 25.1 Å². The molecular weight excluding hydrogens is 404 g/mol. The SMILES string of the molecule is CCc1[nH]nc(C(=O)N2CCC[C@@](Cc3ccccc3-c3cncnc3)(C(N)=O)C2)c1C. The predicted molar refractivity (Wildman–Crippen MR) is 121 cm³/mol. The number of primary amides is 1. The topological polar surface area (TPSA) is 118 Å². The van der Waals surface area contributed by atoms with Gasteiger partial charge >= 0.3 is 0 Å². The quantitative estimate of drug-likeness (QED) is 0.621. The summed E-state index contributed by atoms with van der Waals surface area (Å²) < 4.78 is 0. The van der Waals surface area contributed by atoms with Crippen LogP contribution in [0.2, 0.25) is 0 Å². The van der Waals surface area contributed by atoms with E-state index in [1.54, 1.807) is 17.3 Å². The summed E-state index contributed by atoms with van der Waals surface area (Å²) in [6.07, 6.45) is 7.55. The molecule has 1 saturated heterocycles. The van der Waals surface area contributed by atoms with E-state index in [4.69, 9.17) is 5.73 Å². The van der Waals surface area contributed by atoms with E-state index in [1.807, 2.05) is 38.1 Å². The average Bonchev–Trinajstić information content (AvgIpc) is 3.20. The second-order valence-electron chi connectivity index (χ2n) is 8.47. The number of carbonyl (C=O) groups excluding carboxylic acids is 2. The maximum atomic E-state index is 13.3. The molecule has 0 unspecified atom stereocenters. The highest BCUT2D eigenvalue weighted by Crippen LogP contribution is 2.37. The van der Waals surface area contributed by atoms with Crippen LogP contribution < -0.4 is 5.73 Å². The molecule has 1 fully saturated rings. The molecule has 166 valence electrons. The van der Waals surface area contributed by atoms with Gasteiger partial charge in [-0.3, -0.25) is 14.7 Å². The van der Waals surface area contributed by atoms with Crippen LogP contribution in [0, 0.1) is 12.3 Å². The lowest BCUT2D eigenvalue weighted by Crippen LogP contribution is -2.53. The van der Waals surface area contributed by atoms with Crippen molar-refractivity contribution in [2.24, 2.45) is 11.1 Å². The monoisotopic (exact) mass is 432 g/mol. The maximum absolute atomic E-state index is 13.3. The number of nitrogens with zero attached hydrogens (tertiary/aromatic N) is 4. The normalized spacial score (nSPS) is 18.5. The zero-order chi connectivity index (χ0) is 22.7. The molecular formula is C24H28N6O2. The first kappa shape index (κ1) is 21.7. The zero-order valence-electron chi connectivity index (χ0n) is 18.5. The molecule has 2 aromatic heterocycles. The fourth-order valence-electron chi connectivity index (χ4n) is 4.63. The van der Waals surface area contributed by atoms with Gasteiger partial charge in [0.05, 0.1) is 5.41 Å². The fraction of sp³-hybridized carbons (Fsp3) is 0.375. The number of H-pyrrole nitrogens is 1. The third kappa shape index (κ3) is 4.00. The highest BCUT2D eigenvalue weighted by atomic mass is 16.2. The van der Waals surface area contributed by atoms with Crippen LogP contribution in [0.3, 0.4) is 0 Å². The van der Waals surface area contributed by atoms with E-state index < -0.39 is 5.41 Å². The number of hydrogen-bond donors (Lipinski definition) is 2. The van der Waals surface area contributed by atoms with Gasteiger partial charge in [-0.05, 0) is 43.7 Å². The number of carbonyl (C=O) groups is 2. The molecule has 3 aromatic rings. The van der Waals surface area contributed by atoms with Crippen LogP contribution in [0.5, 0.6) is 0 Å². The first-order chi connectivity index (χ1) is 15.4. The molecule has 1 atom stereocenters. The second-order valence-corrected chi connectivity index (χ2v) is 8.47. The Morgan fingerprint density at radius 2 is 1.97 bits per heavy atom. The average molecular weight is 433 g/mol. The number of aromatic nitrogens is 4. The van der Waals surface area contributed by atoms with Gasteiger partial charge in [0.25, 0.3) is 5.91 Å². The van der Waals surface area contributed by atoms with Crippen LogP contribution in [0.1, 0.15) is 47.1 Å². The van der Waals surface area contributed by atoms with Crippen molar-refractivity contribution in [2.45, 2.75) is 39.5 Å². The van der Waals surface area contributed by atoms with Gasteiger partial charge < -0.3 is 10.6 Å². The van der Waals surface area contributed by atoms with E-state index in [0.717, 1.165) is 34.4 Å². The number of nitrogens with one attached hydrogen (secondary N) is 1. The number of piperidine rings is 1. The lowest BCUT2D eigenvalue weighted by Gasteiger charge is -2.41. The molecule has 0 aliphatic carbocycles. The molecule has 3 N–H and O–H groups in total. The van der Waals surface area contributed by atoms with Gasteiger partial charge in [-0.15, -0.1) is 0 Å². The number of hydrogen-bond acceptors (Lipinski definition) is 5. The van der Waals surface area contributed by atoms with Crippen molar-refractivity contribution in [3.63, 3.8) is 0 Å². The smallest absolute Gasteiger partial charge is 0.274 e. The summed E-state index contributed by atoms with van der Waals surface area (Å²) in [4.78, 5) is 36.0. The first-order valence-electron chi connectivity index (χ1n) is 10.9. The maximum Gasteiger partial charge on any atom is 0.274 e. The summed E-state index contributed by atoms with van der Waals surface area (Å²) in [7, 11) is 0. The lowest BCUT2D eigenvalue weighted by atomic mass is 9.73. The van der Waals surface area contributed by atoms with E-state index in [1.165, 1.54) is 6.33 Å². The van der Waals surface area contributed by atoms with Gasteiger partial charge in [-0.1, -0.05) is 31.2 Å². The minimum absolute atomic E-state index is 0.159. The number of aromatic amines is 1. The lowest BCUT2D eigenvalue weighted by molar-refractivity contribution is -0.130. The van der Waals surface area contributed by atoms with Crippen LogP contribution >= 0.6 is 0 Å². The van der Waals surface area contributed by atoms with E-state index in [9.17, 15) is 9.59 Å². The number of amides is 2. The molecule has 8 heteroatoms. The van der Waals surface area contributed by atoms with Crippen molar-refractivity contribution in [1.29, 1.82) is 0 Å². The summed E-state index contributed by atoms with van der Waals surface area (Å²) in [5, 5.41) is 7.20. The summed E-state index contributed by atoms with van der Waals surface area (Å²) in [6, 6.07) is 7.89. The third-order valence-corrected chi connectivity index (χ3v) is 6.47. The number of likely N-dealkylation sites (tertiary alicyclic amines) is 1. The third-order valence-electron chi connectivity index (χ3n) is 6.47. The van der Waals surface area contributed by atoms with Crippen LogP contribution in [-0.2, 0) is 17.6 Å². The molecule has 2 amide bonds. The minimum atomic E-state index is -0.850. The molecule has 0 spiro atoms. The molecule has 3 heterocycles. The molecule has 0 saturated carbocycles. The summed E-state index contributed by atoms with van der Waals surface area (Å²) >= 11 is 0. The Hall–Kier alpha value is -3.55. The number of nitrogens with two attached hydrogens (primary N) is 1. The summed E-state index contributed by atoms with van der Waals surface area (Å²) in [5.41, 5.74) is 10.2. The van der Waals surface area contributed by atoms with Gasteiger partial charge in [0, 0.05) is 42.3 Å². The Labute approximate surface area is 187 Å². The Kier molecular flexibility index (Phi) is 6.03. The summed E-state index contributed by atoms with van der Waals surface area (Å²) in [6.45, 7) is 4.77. The van der Waals surface area contributed by atoms with Crippen LogP contribution in [0.25, 0.3) is 11.1 Å². The molecule has 0 radical (unpaired) electrons. The van der Waals surface area contributed by atoms with Gasteiger partial charge in [-0.2, -0.15) is 5.10 Å². The van der Waals surface area contributed by atoms with E-state index in [0.29, 0.717) is 31.5 Å². The predicted octanol–water partition coefficient (Wildman–Crippen LogP) is 2.69. The number of rotatable bonds is 6. The van der Waals surface area contributed by atoms with Crippen LogP contribution in [0.4, 0.5) is 0 Å². The fourth-order valence-corrected chi connectivity index (χ4v) is 4.63. The highest BCUT2D eigenvalue weighted by Gasteiger charge is 2.43. The van der Waals surface area contributed by atoms with E-state index >= 15 is 0 Å². The van der Waals surface area contributed by atoms with E-state index in [2.05, 4.69) is 20.2 Å². The van der Waals surface area contributed by atoms with Crippen molar-refractivity contribution >= 4 is 11.8 Å². The number of aryl methyl sites for hydroxylation is 1. The Morgan fingerprint density at radius 1 is 1.22 bits per heavy atom. The Morgan fingerprint density at radius 3 is 2.66 bits per heavy atom. The van der Waals surface area contributed by atoms with E-state index in [-0.39, 0.29) is 18.4 Å². The second kappa shape index (κ2) is 8.90. The van der Waals surface area contributed by atoms with Crippen LogP contribution in [-0.4, -0.2) is 50.0 Å².